The molecule has 0 spiro atoms. The number of benzene rings is 2. The Morgan fingerprint density at radius 1 is 0.962 bits per heavy atom. The van der Waals surface area contributed by atoms with Crippen LogP contribution in [0, 0.1) is 13.8 Å². The number of piperazine rings is 1. The summed E-state index contributed by atoms with van der Waals surface area (Å²) in [7, 11) is 4.09. The van der Waals surface area contributed by atoms with Gasteiger partial charge in [0.15, 0.2) is 0 Å². The van der Waals surface area contributed by atoms with Gasteiger partial charge in [0.25, 0.3) is 0 Å². The molecule has 138 valence electrons. The van der Waals surface area contributed by atoms with Gasteiger partial charge in [0, 0.05) is 57.3 Å². The van der Waals surface area contributed by atoms with Gasteiger partial charge in [-0.3, -0.25) is 0 Å². The second-order valence-electron chi connectivity index (χ2n) is 7.06. The Hall–Kier alpha value is -2.69. The lowest BCUT2D eigenvalue weighted by Crippen LogP contribution is -2.50. The molecule has 5 heteroatoms. The number of amides is 2. The molecule has 26 heavy (non-hydrogen) atoms. The van der Waals surface area contributed by atoms with Gasteiger partial charge in [0.05, 0.1) is 0 Å². The van der Waals surface area contributed by atoms with E-state index in [0.717, 1.165) is 37.4 Å². The normalized spacial score (nSPS) is 14.3. The van der Waals surface area contributed by atoms with Gasteiger partial charge in [0.1, 0.15) is 0 Å². The summed E-state index contributed by atoms with van der Waals surface area (Å²) in [5, 5.41) is 3.06. The van der Waals surface area contributed by atoms with Gasteiger partial charge in [-0.25, -0.2) is 4.79 Å². The van der Waals surface area contributed by atoms with Crippen molar-refractivity contribution < 1.29 is 4.79 Å². The highest BCUT2D eigenvalue weighted by molar-refractivity contribution is 5.90. The van der Waals surface area contributed by atoms with Gasteiger partial charge in [-0.1, -0.05) is 12.1 Å². The van der Waals surface area contributed by atoms with Gasteiger partial charge in [0.2, 0.25) is 0 Å². The molecule has 0 aromatic heterocycles. The third kappa shape index (κ3) is 3.93. The Kier molecular flexibility index (Phi) is 5.35. The molecule has 1 N–H and O–H groups in total. The minimum atomic E-state index is -0.0127. The van der Waals surface area contributed by atoms with E-state index in [1.807, 2.05) is 38.1 Å². The Balaban J connectivity index is 1.57. The van der Waals surface area contributed by atoms with E-state index in [4.69, 9.17) is 0 Å². The highest BCUT2D eigenvalue weighted by Gasteiger charge is 2.21. The van der Waals surface area contributed by atoms with Crippen LogP contribution in [0.25, 0.3) is 0 Å². The average molecular weight is 352 g/mol. The number of urea groups is 1. The molecule has 1 aliphatic rings. The lowest BCUT2D eigenvalue weighted by molar-refractivity contribution is 0.208. The molecule has 0 atom stereocenters. The second kappa shape index (κ2) is 7.68. The summed E-state index contributed by atoms with van der Waals surface area (Å²) in [6.45, 7) is 7.26. The van der Waals surface area contributed by atoms with Crippen LogP contribution in [-0.4, -0.2) is 51.2 Å². The average Bonchev–Trinajstić information content (AvgIpc) is 2.65. The van der Waals surface area contributed by atoms with Crippen molar-refractivity contribution in [2.75, 3.05) is 55.4 Å². The number of nitrogens with one attached hydrogen (secondary N) is 1. The van der Waals surface area contributed by atoms with E-state index in [1.165, 1.54) is 16.9 Å². The predicted octanol–water partition coefficient (Wildman–Crippen LogP) is 3.72. The summed E-state index contributed by atoms with van der Waals surface area (Å²) >= 11 is 0. The number of nitrogens with zero attached hydrogens (tertiary/aromatic N) is 3. The van der Waals surface area contributed by atoms with Crippen molar-refractivity contribution in [2.24, 2.45) is 0 Å². The maximum Gasteiger partial charge on any atom is 0.321 e. The molecule has 1 fully saturated rings. The van der Waals surface area contributed by atoms with Gasteiger partial charge in [-0.15, -0.1) is 0 Å². The van der Waals surface area contributed by atoms with Crippen molar-refractivity contribution in [3.8, 4) is 0 Å². The summed E-state index contributed by atoms with van der Waals surface area (Å²) in [5.74, 6) is 0. The first-order valence-corrected chi connectivity index (χ1v) is 9.10. The molecule has 1 aliphatic heterocycles. The molecule has 0 saturated carbocycles. The molecular formula is C21H28N4O. The lowest BCUT2D eigenvalue weighted by Gasteiger charge is -2.36. The van der Waals surface area contributed by atoms with E-state index in [-0.39, 0.29) is 6.03 Å². The van der Waals surface area contributed by atoms with E-state index in [1.54, 1.807) is 0 Å². The van der Waals surface area contributed by atoms with Crippen LogP contribution in [0.2, 0.25) is 0 Å². The molecule has 1 saturated heterocycles. The van der Waals surface area contributed by atoms with E-state index in [9.17, 15) is 4.79 Å². The van der Waals surface area contributed by atoms with Gasteiger partial charge < -0.3 is 20.0 Å². The fourth-order valence-electron chi connectivity index (χ4n) is 3.21. The molecule has 2 aromatic carbocycles. The zero-order valence-electron chi connectivity index (χ0n) is 16.1. The molecule has 0 radical (unpaired) electrons. The minimum Gasteiger partial charge on any atom is -0.378 e. The van der Waals surface area contributed by atoms with Crippen molar-refractivity contribution in [1.29, 1.82) is 0 Å². The SMILES string of the molecule is Cc1cccc(NC(=O)N2CCN(c3ccc(N(C)C)cc3)CC2)c1C. The molecule has 5 nitrogen and oxygen atoms in total. The first-order valence-electron chi connectivity index (χ1n) is 9.10. The summed E-state index contributed by atoms with van der Waals surface area (Å²) < 4.78 is 0. The van der Waals surface area contributed by atoms with Crippen molar-refractivity contribution in [2.45, 2.75) is 13.8 Å². The maximum absolute atomic E-state index is 12.6. The zero-order chi connectivity index (χ0) is 18.7. The Labute approximate surface area is 156 Å². The lowest BCUT2D eigenvalue weighted by atomic mass is 10.1. The van der Waals surface area contributed by atoms with Crippen molar-refractivity contribution >= 4 is 23.1 Å². The highest BCUT2D eigenvalue weighted by atomic mass is 16.2. The number of rotatable bonds is 3. The smallest absolute Gasteiger partial charge is 0.321 e. The quantitative estimate of drug-likeness (QED) is 0.915. The zero-order valence-corrected chi connectivity index (χ0v) is 16.1. The standard InChI is InChI=1S/C21H28N4O/c1-16-6-5-7-20(17(16)2)22-21(26)25-14-12-24(13-15-25)19-10-8-18(9-11-19)23(3)4/h5-11H,12-15H2,1-4H3,(H,22,26). The summed E-state index contributed by atoms with van der Waals surface area (Å²) in [6.07, 6.45) is 0. The number of carbonyl (C=O) groups is 1. The number of anilines is 3. The first kappa shape index (κ1) is 18.1. The van der Waals surface area contributed by atoms with Crippen LogP contribution < -0.4 is 15.1 Å². The molecule has 1 heterocycles. The monoisotopic (exact) mass is 352 g/mol. The van der Waals surface area contributed by atoms with Crippen LogP contribution in [0.1, 0.15) is 11.1 Å². The Bertz CT molecular complexity index is 762. The van der Waals surface area contributed by atoms with Crippen LogP contribution >= 0.6 is 0 Å². The summed E-state index contributed by atoms with van der Waals surface area (Å²) in [6, 6.07) is 14.6. The third-order valence-electron chi connectivity index (χ3n) is 5.14. The van der Waals surface area contributed by atoms with Crippen molar-refractivity contribution in [3.63, 3.8) is 0 Å². The first-order chi connectivity index (χ1) is 12.5. The van der Waals surface area contributed by atoms with Crippen molar-refractivity contribution in [3.05, 3.63) is 53.6 Å². The minimum absolute atomic E-state index is 0.0127. The van der Waals surface area contributed by atoms with E-state index < -0.39 is 0 Å². The molecular weight excluding hydrogens is 324 g/mol. The van der Waals surface area contributed by atoms with Crippen LogP contribution in [0.5, 0.6) is 0 Å². The Morgan fingerprint density at radius 3 is 2.23 bits per heavy atom. The van der Waals surface area contributed by atoms with Crippen LogP contribution in [0.15, 0.2) is 42.5 Å². The largest absolute Gasteiger partial charge is 0.378 e. The number of carbonyl (C=O) groups excluding carboxylic acids is 1. The fraction of sp³-hybridized carbons (Fsp3) is 0.381. The molecule has 0 bridgehead atoms. The van der Waals surface area contributed by atoms with Gasteiger partial charge in [-0.05, 0) is 55.3 Å². The molecule has 2 aromatic rings. The van der Waals surface area contributed by atoms with Crippen LogP contribution in [0.4, 0.5) is 21.9 Å². The van der Waals surface area contributed by atoms with Gasteiger partial charge in [-0.2, -0.15) is 0 Å². The van der Waals surface area contributed by atoms with E-state index in [0.29, 0.717) is 0 Å². The Morgan fingerprint density at radius 2 is 1.62 bits per heavy atom. The van der Waals surface area contributed by atoms with Crippen LogP contribution in [0.3, 0.4) is 0 Å². The van der Waals surface area contributed by atoms with Crippen molar-refractivity contribution in [1.82, 2.24) is 4.90 Å². The third-order valence-corrected chi connectivity index (χ3v) is 5.14. The summed E-state index contributed by atoms with van der Waals surface area (Å²) in [4.78, 5) is 18.9. The molecule has 0 unspecified atom stereocenters. The fourth-order valence-corrected chi connectivity index (χ4v) is 3.21. The van der Waals surface area contributed by atoms with Crippen LogP contribution in [-0.2, 0) is 0 Å². The predicted molar refractivity (Wildman–Crippen MR) is 109 cm³/mol. The number of aryl methyl sites for hydroxylation is 1. The van der Waals surface area contributed by atoms with Gasteiger partial charge >= 0.3 is 6.03 Å². The molecule has 2 amide bonds. The number of hydrogen-bond acceptors (Lipinski definition) is 3. The van der Waals surface area contributed by atoms with E-state index >= 15 is 0 Å². The highest BCUT2D eigenvalue weighted by Crippen LogP contribution is 2.22. The topological polar surface area (TPSA) is 38.8 Å². The maximum atomic E-state index is 12.6. The molecule has 0 aliphatic carbocycles. The summed E-state index contributed by atoms with van der Waals surface area (Å²) in [5.41, 5.74) is 5.62. The van der Waals surface area contributed by atoms with E-state index in [2.05, 4.69) is 52.4 Å². The number of hydrogen-bond donors (Lipinski definition) is 1. The second-order valence-corrected chi connectivity index (χ2v) is 7.06. The molecule has 3 rings (SSSR count).